The molecule has 0 spiro atoms. The second-order valence-corrected chi connectivity index (χ2v) is 4.92. The first-order chi connectivity index (χ1) is 8.79. The Bertz CT molecular complexity index is 569. The highest BCUT2D eigenvalue weighted by Gasteiger charge is 2.43. The van der Waals surface area contributed by atoms with Crippen molar-refractivity contribution in [3.63, 3.8) is 0 Å². The number of anilines is 4. The molecule has 4 rings (SSSR count). The van der Waals surface area contributed by atoms with Crippen molar-refractivity contribution < 1.29 is 0 Å². The molecule has 0 saturated carbocycles. The van der Waals surface area contributed by atoms with Gasteiger partial charge in [-0.25, -0.2) is 0 Å². The zero-order valence-corrected chi connectivity index (χ0v) is 10.5. The van der Waals surface area contributed by atoms with Crippen molar-refractivity contribution in [1.29, 1.82) is 0 Å². The lowest BCUT2D eigenvalue weighted by molar-refractivity contribution is 0.685. The van der Waals surface area contributed by atoms with Crippen LogP contribution in [0.5, 0.6) is 0 Å². The molecule has 2 aliphatic heterocycles. The Hall–Kier alpha value is -2.16. The van der Waals surface area contributed by atoms with E-state index in [1.54, 1.807) is 0 Å². The molecule has 3 nitrogen and oxygen atoms in total. The molecule has 0 amide bonds. The van der Waals surface area contributed by atoms with Crippen LogP contribution in [-0.2, 0) is 0 Å². The third-order valence-electron chi connectivity index (χ3n) is 3.97. The average molecular weight is 237 g/mol. The van der Waals surface area contributed by atoms with E-state index in [2.05, 4.69) is 77.3 Å². The molecule has 0 unspecified atom stereocenters. The molecule has 2 heterocycles. The highest BCUT2D eigenvalue weighted by atomic mass is 15.6. The summed E-state index contributed by atoms with van der Waals surface area (Å²) in [7, 11) is 4.32. The van der Waals surface area contributed by atoms with Gasteiger partial charge in [0.05, 0.1) is 22.7 Å². The molecular weight excluding hydrogens is 222 g/mol. The molecule has 2 aliphatic rings. The fourth-order valence-electron chi connectivity index (χ4n) is 3.17. The Labute approximate surface area is 107 Å². The molecule has 0 atom stereocenters. The Balaban J connectivity index is 1.98. The van der Waals surface area contributed by atoms with Gasteiger partial charge in [0, 0.05) is 14.1 Å². The molecule has 0 fully saturated rings. The third kappa shape index (κ3) is 0.997. The number of hydrogen-bond acceptors (Lipinski definition) is 3. The predicted octanol–water partition coefficient (Wildman–Crippen LogP) is 3.01. The van der Waals surface area contributed by atoms with Crippen molar-refractivity contribution >= 4 is 22.7 Å². The maximum Gasteiger partial charge on any atom is 0.185 e. The van der Waals surface area contributed by atoms with E-state index in [0.717, 1.165) is 0 Å². The fourth-order valence-corrected chi connectivity index (χ4v) is 3.17. The summed E-state index contributed by atoms with van der Waals surface area (Å²) >= 11 is 0. The van der Waals surface area contributed by atoms with Gasteiger partial charge in [0.15, 0.2) is 6.29 Å². The summed E-state index contributed by atoms with van der Waals surface area (Å²) in [4.78, 5) is 7.06. The van der Waals surface area contributed by atoms with Gasteiger partial charge in [-0.3, -0.25) is 4.90 Å². The molecule has 0 aliphatic carbocycles. The van der Waals surface area contributed by atoms with Crippen LogP contribution in [0.4, 0.5) is 22.7 Å². The molecule has 90 valence electrons. The third-order valence-corrected chi connectivity index (χ3v) is 3.97. The minimum absolute atomic E-state index is 0.264. The van der Waals surface area contributed by atoms with Gasteiger partial charge >= 0.3 is 0 Å². The molecular formula is C15H15N3. The summed E-state index contributed by atoms with van der Waals surface area (Å²) in [6.07, 6.45) is 0.264. The van der Waals surface area contributed by atoms with Crippen molar-refractivity contribution in [3.05, 3.63) is 48.5 Å². The fraction of sp³-hybridized carbons (Fsp3) is 0.200. The number of fused-ring (bicyclic) bond motifs is 5. The first-order valence-corrected chi connectivity index (χ1v) is 6.22. The molecule has 2 aromatic rings. The number of hydrogen-bond donors (Lipinski definition) is 0. The number of rotatable bonds is 0. The van der Waals surface area contributed by atoms with Crippen LogP contribution in [0.25, 0.3) is 0 Å². The van der Waals surface area contributed by atoms with Crippen LogP contribution in [0.15, 0.2) is 48.5 Å². The van der Waals surface area contributed by atoms with Gasteiger partial charge < -0.3 is 9.80 Å². The number of para-hydroxylation sites is 4. The Kier molecular flexibility index (Phi) is 1.74. The minimum Gasteiger partial charge on any atom is -0.335 e. The average Bonchev–Trinajstić information content (AvgIpc) is 2.87. The van der Waals surface area contributed by atoms with Gasteiger partial charge in [-0.2, -0.15) is 0 Å². The van der Waals surface area contributed by atoms with E-state index in [0.29, 0.717) is 0 Å². The summed E-state index contributed by atoms with van der Waals surface area (Å²) in [5.74, 6) is 0. The van der Waals surface area contributed by atoms with E-state index in [9.17, 15) is 0 Å². The van der Waals surface area contributed by atoms with Crippen molar-refractivity contribution in [3.8, 4) is 0 Å². The van der Waals surface area contributed by atoms with Crippen molar-refractivity contribution in [2.75, 3.05) is 28.8 Å². The SMILES string of the molecule is CN1c2ccccc2N2c3ccccc3N(C)C12. The highest BCUT2D eigenvalue weighted by molar-refractivity contribution is 5.93. The summed E-state index contributed by atoms with van der Waals surface area (Å²) in [6, 6.07) is 17.2. The summed E-state index contributed by atoms with van der Waals surface area (Å²) in [5, 5.41) is 0. The van der Waals surface area contributed by atoms with Gasteiger partial charge in [0.2, 0.25) is 0 Å². The molecule has 0 aromatic heterocycles. The van der Waals surface area contributed by atoms with Crippen molar-refractivity contribution in [1.82, 2.24) is 0 Å². The zero-order valence-electron chi connectivity index (χ0n) is 10.5. The monoisotopic (exact) mass is 237 g/mol. The van der Waals surface area contributed by atoms with E-state index in [1.807, 2.05) is 0 Å². The summed E-state index contributed by atoms with van der Waals surface area (Å²) < 4.78 is 0. The quantitative estimate of drug-likeness (QED) is 0.697. The molecule has 0 saturated heterocycles. The van der Waals surface area contributed by atoms with E-state index in [4.69, 9.17) is 0 Å². The van der Waals surface area contributed by atoms with Crippen LogP contribution in [-0.4, -0.2) is 20.4 Å². The second kappa shape index (κ2) is 3.19. The molecule has 2 aromatic carbocycles. The van der Waals surface area contributed by atoms with Crippen LogP contribution < -0.4 is 14.7 Å². The maximum atomic E-state index is 2.41. The smallest absolute Gasteiger partial charge is 0.185 e. The lowest BCUT2D eigenvalue weighted by atomic mass is 10.2. The minimum atomic E-state index is 0.264. The van der Waals surface area contributed by atoms with E-state index in [1.165, 1.54) is 22.7 Å². The maximum absolute atomic E-state index is 2.41. The van der Waals surface area contributed by atoms with Gasteiger partial charge in [0.1, 0.15) is 0 Å². The van der Waals surface area contributed by atoms with E-state index < -0.39 is 0 Å². The molecule has 0 N–H and O–H groups in total. The Morgan fingerprint density at radius 1 is 0.667 bits per heavy atom. The van der Waals surface area contributed by atoms with Crippen molar-refractivity contribution in [2.45, 2.75) is 6.29 Å². The van der Waals surface area contributed by atoms with Gasteiger partial charge in [-0.15, -0.1) is 0 Å². The number of nitrogens with zero attached hydrogens (tertiary/aromatic N) is 3. The van der Waals surface area contributed by atoms with E-state index >= 15 is 0 Å². The normalized spacial score (nSPS) is 16.9. The summed E-state index contributed by atoms with van der Waals surface area (Å²) in [6.45, 7) is 0. The Morgan fingerprint density at radius 2 is 1.06 bits per heavy atom. The molecule has 3 heteroatoms. The first-order valence-electron chi connectivity index (χ1n) is 6.22. The molecule has 0 radical (unpaired) electrons. The van der Waals surface area contributed by atoms with Crippen molar-refractivity contribution in [2.24, 2.45) is 0 Å². The molecule has 18 heavy (non-hydrogen) atoms. The highest BCUT2D eigenvalue weighted by Crippen LogP contribution is 2.51. The van der Waals surface area contributed by atoms with Gasteiger partial charge in [0.25, 0.3) is 0 Å². The predicted molar refractivity (Wildman–Crippen MR) is 75.6 cm³/mol. The lowest BCUT2D eigenvalue weighted by Crippen LogP contribution is -2.46. The summed E-state index contributed by atoms with van der Waals surface area (Å²) in [5.41, 5.74) is 5.18. The van der Waals surface area contributed by atoms with Gasteiger partial charge in [-0.1, -0.05) is 24.3 Å². The Morgan fingerprint density at radius 3 is 1.50 bits per heavy atom. The van der Waals surface area contributed by atoms with Gasteiger partial charge in [-0.05, 0) is 24.3 Å². The van der Waals surface area contributed by atoms with E-state index in [-0.39, 0.29) is 6.29 Å². The largest absolute Gasteiger partial charge is 0.335 e. The standard InChI is InChI=1S/C15H15N3/c1-16-11-7-3-5-9-13(11)18-14-10-6-4-8-12(14)17(2)15(16)18/h3-10,15H,1-2H3. The van der Waals surface area contributed by atoms with Crippen LogP contribution in [0.2, 0.25) is 0 Å². The van der Waals surface area contributed by atoms with Crippen LogP contribution >= 0.6 is 0 Å². The second-order valence-electron chi connectivity index (χ2n) is 4.92. The number of benzene rings is 2. The first kappa shape index (κ1) is 9.83. The van der Waals surface area contributed by atoms with Crippen LogP contribution in [0.1, 0.15) is 0 Å². The zero-order chi connectivity index (χ0) is 12.3. The lowest BCUT2D eigenvalue weighted by Gasteiger charge is -2.29. The van der Waals surface area contributed by atoms with Crippen LogP contribution in [0, 0.1) is 0 Å². The molecule has 0 bridgehead atoms. The topological polar surface area (TPSA) is 9.72 Å². The van der Waals surface area contributed by atoms with Crippen LogP contribution in [0.3, 0.4) is 0 Å².